The van der Waals surface area contributed by atoms with E-state index >= 15 is 0 Å². The Bertz CT molecular complexity index is 603. The largest absolute Gasteiger partial charge is 0.383 e. The van der Waals surface area contributed by atoms with E-state index in [9.17, 15) is 17.6 Å². The number of aromatic nitrogens is 1. The molecule has 116 valence electrons. The number of carbonyl (C=O) groups is 1. The highest BCUT2D eigenvalue weighted by Crippen LogP contribution is 2.19. The predicted molar refractivity (Wildman–Crippen MR) is 74.2 cm³/mol. The van der Waals surface area contributed by atoms with Gasteiger partial charge in [0.1, 0.15) is 0 Å². The van der Waals surface area contributed by atoms with Crippen molar-refractivity contribution in [2.75, 3.05) is 31.8 Å². The molecule has 1 aliphatic heterocycles. The van der Waals surface area contributed by atoms with Crippen LogP contribution in [-0.4, -0.2) is 62.0 Å². The molecule has 0 aromatic carbocycles. The van der Waals surface area contributed by atoms with Crippen LogP contribution in [0.1, 0.15) is 16.8 Å². The number of hydrogen-bond donors (Lipinski definition) is 0. The van der Waals surface area contributed by atoms with Crippen LogP contribution in [0.15, 0.2) is 18.3 Å². The number of amides is 1. The van der Waals surface area contributed by atoms with Gasteiger partial charge in [0.25, 0.3) is 5.91 Å². The van der Waals surface area contributed by atoms with Crippen molar-refractivity contribution in [2.24, 2.45) is 0 Å². The first-order valence-corrected chi connectivity index (χ1v) is 8.37. The highest BCUT2D eigenvalue weighted by molar-refractivity contribution is 7.91. The Morgan fingerprint density at radius 3 is 2.81 bits per heavy atom. The van der Waals surface area contributed by atoms with Crippen LogP contribution in [0.5, 0.6) is 0 Å². The Balaban J connectivity index is 2.19. The number of rotatable bonds is 5. The van der Waals surface area contributed by atoms with E-state index in [1.165, 1.54) is 18.1 Å². The molecule has 1 unspecified atom stereocenters. The van der Waals surface area contributed by atoms with Crippen LogP contribution in [0.4, 0.5) is 4.39 Å². The second-order valence-electron chi connectivity index (χ2n) is 4.92. The average Bonchev–Trinajstić information content (AvgIpc) is 2.80. The summed E-state index contributed by atoms with van der Waals surface area (Å²) in [5.41, 5.74) is 0.233. The number of nitrogens with zero attached hydrogens (tertiary/aromatic N) is 2. The van der Waals surface area contributed by atoms with Gasteiger partial charge in [-0.2, -0.15) is 4.39 Å². The van der Waals surface area contributed by atoms with Gasteiger partial charge in [-0.15, -0.1) is 0 Å². The van der Waals surface area contributed by atoms with E-state index in [2.05, 4.69) is 4.98 Å². The SMILES string of the molecule is COCCN(C(=O)c1ccc(F)nc1)C1CCS(=O)(=O)C1. The lowest BCUT2D eigenvalue weighted by Gasteiger charge is -2.28. The Morgan fingerprint density at radius 1 is 1.52 bits per heavy atom. The van der Waals surface area contributed by atoms with E-state index in [0.29, 0.717) is 13.0 Å². The van der Waals surface area contributed by atoms with Gasteiger partial charge >= 0.3 is 0 Å². The van der Waals surface area contributed by atoms with Crippen molar-refractivity contribution >= 4 is 15.7 Å². The first-order chi connectivity index (χ1) is 9.93. The quantitative estimate of drug-likeness (QED) is 0.739. The standard InChI is InChI=1S/C13H17FN2O4S/c1-20-6-5-16(11-4-7-21(18,19)9-11)13(17)10-2-3-12(14)15-8-10/h2-3,8,11H,4-7,9H2,1H3. The molecule has 2 rings (SSSR count). The third-order valence-electron chi connectivity index (χ3n) is 3.42. The lowest BCUT2D eigenvalue weighted by molar-refractivity contribution is 0.0624. The summed E-state index contributed by atoms with van der Waals surface area (Å²) in [5.74, 6) is -0.993. The molecule has 0 spiro atoms. The van der Waals surface area contributed by atoms with Crippen molar-refractivity contribution in [2.45, 2.75) is 12.5 Å². The van der Waals surface area contributed by atoms with Crippen molar-refractivity contribution in [3.63, 3.8) is 0 Å². The van der Waals surface area contributed by atoms with Crippen molar-refractivity contribution in [3.05, 3.63) is 29.8 Å². The van der Waals surface area contributed by atoms with Crippen LogP contribution in [0.25, 0.3) is 0 Å². The average molecular weight is 316 g/mol. The molecule has 2 heterocycles. The van der Waals surface area contributed by atoms with Gasteiger partial charge in [0.15, 0.2) is 9.84 Å². The lowest BCUT2D eigenvalue weighted by Crippen LogP contribution is -2.43. The van der Waals surface area contributed by atoms with Crippen molar-refractivity contribution < 1.29 is 22.3 Å². The van der Waals surface area contributed by atoms with Crippen LogP contribution in [0, 0.1) is 5.95 Å². The Morgan fingerprint density at radius 2 is 2.29 bits per heavy atom. The molecule has 0 radical (unpaired) electrons. The van der Waals surface area contributed by atoms with Gasteiger partial charge < -0.3 is 9.64 Å². The maximum Gasteiger partial charge on any atom is 0.255 e. The van der Waals surface area contributed by atoms with E-state index in [0.717, 1.165) is 12.3 Å². The molecule has 0 bridgehead atoms. The molecule has 8 heteroatoms. The predicted octanol–water partition coefficient (Wildman–Crippen LogP) is 0.496. The van der Waals surface area contributed by atoms with Gasteiger partial charge in [-0.25, -0.2) is 13.4 Å². The molecular formula is C13H17FN2O4S. The topological polar surface area (TPSA) is 76.6 Å². The minimum Gasteiger partial charge on any atom is -0.383 e. The number of halogens is 1. The second kappa shape index (κ2) is 6.48. The summed E-state index contributed by atoms with van der Waals surface area (Å²) in [5, 5.41) is 0. The number of sulfone groups is 1. The van der Waals surface area contributed by atoms with Gasteiger partial charge in [-0.1, -0.05) is 0 Å². The molecule has 0 N–H and O–H groups in total. The molecule has 0 aliphatic carbocycles. The molecule has 1 saturated heterocycles. The zero-order chi connectivity index (χ0) is 15.5. The monoisotopic (exact) mass is 316 g/mol. The van der Waals surface area contributed by atoms with Gasteiger partial charge in [0, 0.05) is 25.9 Å². The van der Waals surface area contributed by atoms with E-state index in [-0.39, 0.29) is 35.6 Å². The Hall–Kier alpha value is -1.54. The lowest BCUT2D eigenvalue weighted by atomic mass is 10.1. The maximum absolute atomic E-state index is 12.8. The smallest absolute Gasteiger partial charge is 0.255 e. The second-order valence-corrected chi connectivity index (χ2v) is 7.15. The summed E-state index contributed by atoms with van der Waals surface area (Å²) in [6.07, 6.45) is 1.56. The van der Waals surface area contributed by atoms with Gasteiger partial charge in [0.2, 0.25) is 5.95 Å². The summed E-state index contributed by atoms with van der Waals surface area (Å²) in [7, 11) is -1.59. The molecule has 1 amide bonds. The van der Waals surface area contributed by atoms with E-state index in [1.54, 1.807) is 0 Å². The third kappa shape index (κ3) is 3.98. The highest BCUT2D eigenvalue weighted by Gasteiger charge is 2.34. The molecular weight excluding hydrogens is 299 g/mol. The van der Waals surface area contributed by atoms with Crippen molar-refractivity contribution in [1.29, 1.82) is 0 Å². The maximum atomic E-state index is 12.8. The minimum absolute atomic E-state index is 0.0446. The number of pyridine rings is 1. The van der Waals surface area contributed by atoms with Crippen LogP contribution in [0.2, 0.25) is 0 Å². The normalized spacial score (nSPS) is 20.4. The number of hydrogen-bond acceptors (Lipinski definition) is 5. The van der Waals surface area contributed by atoms with Crippen LogP contribution in [-0.2, 0) is 14.6 Å². The molecule has 1 aromatic rings. The zero-order valence-corrected chi connectivity index (χ0v) is 12.5. The van der Waals surface area contributed by atoms with Crippen molar-refractivity contribution in [3.8, 4) is 0 Å². The van der Waals surface area contributed by atoms with Gasteiger partial charge in [-0.3, -0.25) is 4.79 Å². The van der Waals surface area contributed by atoms with Crippen LogP contribution >= 0.6 is 0 Å². The molecule has 1 aromatic heterocycles. The third-order valence-corrected chi connectivity index (χ3v) is 5.17. The number of carbonyl (C=O) groups excluding carboxylic acids is 1. The molecule has 1 aliphatic rings. The molecule has 1 atom stereocenters. The first-order valence-electron chi connectivity index (χ1n) is 6.55. The van der Waals surface area contributed by atoms with Gasteiger partial charge in [0.05, 0.1) is 23.7 Å². The van der Waals surface area contributed by atoms with Crippen LogP contribution < -0.4 is 0 Å². The number of methoxy groups -OCH3 is 1. The van der Waals surface area contributed by atoms with E-state index < -0.39 is 15.8 Å². The fourth-order valence-corrected chi connectivity index (χ4v) is 4.06. The fraction of sp³-hybridized carbons (Fsp3) is 0.538. The summed E-state index contributed by atoms with van der Waals surface area (Å²) < 4.78 is 41.0. The van der Waals surface area contributed by atoms with Crippen molar-refractivity contribution in [1.82, 2.24) is 9.88 Å². The zero-order valence-electron chi connectivity index (χ0n) is 11.7. The molecule has 0 saturated carbocycles. The summed E-state index contributed by atoms with van der Waals surface area (Å²) in [6, 6.07) is 2.07. The summed E-state index contributed by atoms with van der Waals surface area (Å²) in [6.45, 7) is 0.587. The van der Waals surface area contributed by atoms with Crippen LogP contribution in [0.3, 0.4) is 0 Å². The van der Waals surface area contributed by atoms with Gasteiger partial charge in [-0.05, 0) is 18.6 Å². The highest BCUT2D eigenvalue weighted by atomic mass is 32.2. The molecule has 6 nitrogen and oxygen atoms in total. The number of ether oxygens (including phenoxy) is 1. The Labute approximate surface area is 122 Å². The summed E-state index contributed by atoms with van der Waals surface area (Å²) in [4.78, 5) is 17.4. The van der Waals surface area contributed by atoms with E-state index in [1.807, 2.05) is 0 Å². The molecule has 21 heavy (non-hydrogen) atoms. The minimum atomic E-state index is -3.10. The van der Waals surface area contributed by atoms with E-state index in [4.69, 9.17) is 4.74 Å². The molecule has 1 fully saturated rings. The Kier molecular flexibility index (Phi) is 4.89. The fourth-order valence-electron chi connectivity index (χ4n) is 2.33. The summed E-state index contributed by atoms with van der Waals surface area (Å²) >= 11 is 0. The first kappa shape index (κ1) is 15.8.